The fourth-order valence-electron chi connectivity index (χ4n) is 3.20. The van der Waals surface area contributed by atoms with Crippen molar-refractivity contribution in [2.45, 2.75) is 27.3 Å². The van der Waals surface area contributed by atoms with Crippen LogP contribution in [-0.2, 0) is 11.3 Å². The zero-order valence-corrected chi connectivity index (χ0v) is 19.1. The first-order valence-electron chi connectivity index (χ1n) is 9.76. The summed E-state index contributed by atoms with van der Waals surface area (Å²) < 4.78 is 0.602. The van der Waals surface area contributed by atoms with E-state index in [1.165, 1.54) is 17.3 Å². The number of amides is 1. The fraction of sp³-hybridized carbons (Fsp3) is 0.154. The number of allylic oxidation sites excluding steroid dienone is 6. The quantitative estimate of drug-likeness (QED) is 0.279. The van der Waals surface area contributed by atoms with Crippen molar-refractivity contribution < 1.29 is 4.79 Å². The van der Waals surface area contributed by atoms with Crippen LogP contribution in [0.1, 0.15) is 37.5 Å². The summed E-state index contributed by atoms with van der Waals surface area (Å²) in [6.45, 7) is 10.7. The Hall–Kier alpha value is -2.69. The monoisotopic (exact) mass is 431 g/mol. The van der Waals surface area contributed by atoms with Gasteiger partial charge in [0.15, 0.2) is 0 Å². The van der Waals surface area contributed by atoms with E-state index in [4.69, 9.17) is 12.2 Å². The molecule has 0 N–H and O–H groups in total. The van der Waals surface area contributed by atoms with Crippen molar-refractivity contribution in [3.63, 3.8) is 0 Å². The molecule has 0 radical (unpaired) electrons. The zero-order valence-electron chi connectivity index (χ0n) is 17.5. The third-order valence-electron chi connectivity index (χ3n) is 4.82. The van der Waals surface area contributed by atoms with E-state index >= 15 is 0 Å². The summed E-state index contributed by atoms with van der Waals surface area (Å²) in [5.41, 5.74) is 6.58. The molecule has 2 nitrogen and oxygen atoms in total. The molecule has 2 aromatic carbocycles. The third kappa shape index (κ3) is 5.26. The number of carbonyl (C=O) groups is 1. The van der Waals surface area contributed by atoms with Crippen LogP contribution in [0.3, 0.4) is 0 Å². The fourth-order valence-corrected chi connectivity index (χ4v) is 4.51. The lowest BCUT2D eigenvalue weighted by atomic mass is 9.96. The Kier molecular flexibility index (Phi) is 7.24. The van der Waals surface area contributed by atoms with Gasteiger partial charge in [-0.1, -0.05) is 103 Å². The van der Waals surface area contributed by atoms with Gasteiger partial charge >= 0.3 is 0 Å². The van der Waals surface area contributed by atoms with Gasteiger partial charge in [0.2, 0.25) is 0 Å². The van der Waals surface area contributed by atoms with Crippen LogP contribution in [-0.4, -0.2) is 15.1 Å². The average molecular weight is 432 g/mol. The first-order valence-corrected chi connectivity index (χ1v) is 11.0. The maximum Gasteiger partial charge on any atom is 0.266 e. The predicted molar refractivity (Wildman–Crippen MR) is 134 cm³/mol. The highest BCUT2D eigenvalue weighted by atomic mass is 32.2. The number of thiocarbonyl (C=S) groups is 1. The molecule has 0 unspecified atom stereocenters. The third-order valence-corrected chi connectivity index (χ3v) is 6.20. The summed E-state index contributed by atoms with van der Waals surface area (Å²) in [7, 11) is 0. The lowest BCUT2D eigenvalue weighted by Crippen LogP contribution is -2.27. The Morgan fingerprint density at radius 2 is 1.63 bits per heavy atom. The van der Waals surface area contributed by atoms with Crippen molar-refractivity contribution in [3.05, 3.63) is 107 Å². The van der Waals surface area contributed by atoms with Crippen molar-refractivity contribution >= 4 is 45.4 Å². The summed E-state index contributed by atoms with van der Waals surface area (Å²) in [6, 6.07) is 18.2. The van der Waals surface area contributed by atoms with Gasteiger partial charge in [0.1, 0.15) is 4.32 Å². The average Bonchev–Trinajstić information content (AvgIpc) is 3.00. The molecule has 1 aliphatic heterocycles. The second-order valence-electron chi connectivity index (χ2n) is 7.34. The minimum atomic E-state index is -0.0325. The lowest BCUT2D eigenvalue weighted by molar-refractivity contribution is -0.122. The molecule has 1 saturated heterocycles. The molecule has 0 spiro atoms. The van der Waals surface area contributed by atoms with Gasteiger partial charge in [0.05, 0.1) is 11.4 Å². The Balaban J connectivity index is 1.77. The number of thioether (sulfide) groups is 1. The molecule has 0 aromatic heterocycles. The normalized spacial score (nSPS) is 16.5. The molecule has 1 fully saturated rings. The Morgan fingerprint density at radius 3 is 2.30 bits per heavy atom. The summed E-state index contributed by atoms with van der Waals surface area (Å²) in [6.07, 6.45) is 6.03. The molecule has 30 heavy (non-hydrogen) atoms. The van der Waals surface area contributed by atoms with E-state index in [-0.39, 0.29) is 5.91 Å². The summed E-state index contributed by atoms with van der Waals surface area (Å²) >= 11 is 6.81. The highest BCUT2D eigenvalue weighted by molar-refractivity contribution is 8.26. The lowest BCUT2D eigenvalue weighted by Gasteiger charge is -2.14. The Morgan fingerprint density at radius 1 is 1.00 bits per heavy atom. The van der Waals surface area contributed by atoms with E-state index in [1.54, 1.807) is 4.90 Å². The van der Waals surface area contributed by atoms with Crippen LogP contribution in [0.25, 0.3) is 11.1 Å². The van der Waals surface area contributed by atoms with Crippen LogP contribution >= 0.6 is 24.0 Å². The van der Waals surface area contributed by atoms with Gasteiger partial charge in [-0.3, -0.25) is 9.69 Å². The Labute approximate surface area is 188 Å². The van der Waals surface area contributed by atoms with Crippen molar-refractivity contribution in [3.8, 4) is 0 Å². The number of hydrogen-bond donors (Lipinski definition) is 0. The van der Waals surface area contributed by atoms with E-state index in [2.05, 4.69) is 31.7 Å². The van der Waals surface area contributed by atoms with Gasteiger partial charge in [-0.25, -0.2) is 0 Å². The minimum Gasteiger partial charge on any atom is -0.288 e. The maximum absolute atomic E-state index is 12.8. The van der Waals surface area contributed by atoms with E-state index < -0.39 is 0 Å². The number of hydrogen-bond acceptors (Lipinski definition) is 3. The SMILES string of the molecule is C=C(C)c1ccccc1/C(C)=C/C=C(C)/C=C1/SC(=S)N(Cc2ccccc2)C1=O. The predicted octanol–water partition coefficient (Wildman–Crippen LogP) is 7.01. The molecule has 1 heterocycles. The van der Waals surface area contributed by atoms with Crippen molar-refractivity contribution in [2.24, 2.45) is 0 Å². The molecule has 0 bridgehead atoms. The van der Waals surface area contributed by atoms with E-state index in [1.807, 2.05) is 68.5 Å². The molecule has 1 amide bonds. The van der Waals surface area contributed by atoms with Gasteiger partial charge in [0, 0.05) is 0 Å². The van der Waals surface area contributed by atoms with Crippen molar-refractivity contribution in [2.75, 3.05) is 0 Å². The summed E-state index contributed by atoms with van der Waals surface area (Å²) in [4.78, 5) is 15.2. The molecule has 1 aliphatic rings. The van der Waals surface area contributed by atoms with Crippen LogP contribution in [0.15, 0.2) is 89.9 Å². The van der Waals surface area contributed by atoms with E-state index in [9.17, 15) is 4.79 Å². The number of carbonyl (C=O) groups excluding carboxylic acids is 1. The summed E-state index contributed by atoms with van der Waals surface area (Å²) in [5.74, 6) is -0.0325. The van der Waals surface area contributed by atoms with Crippen molar-refractivity contribution in [1.82, 2.24) is 4.90 Å². The second-order valence-corrected chi connectivity index (χ2v) is 9.02. The topological polar surface area (TPSA) is 20.3 Å². The van der Waals surface area contributed by atoms with Gasteiger partial charge < -0.3 is 0 Å². The largest absolute Gasteiger partial charge is 0.288 e. The van der Waals surface area contributed by atoms with Crippen LogP contribution in [0.2, 0.25) is 0 Å². The van der Waals surface area contributed by atoms with Gasteiger partial charge in [0.25, 0.3) is 5.91 Å². The smallest absolute Gasteiger partial charge is 0.266 e. The van der Waals surface area contributed by atoms with Crippen LogP contribution < -0.4 is 0 Å². The van der Waals surface area contributed by atoms with E-state index in [0.717, 1.165) is 27.8 Å². The molecule has 0 atom stereocenters. The zero-order chi connectivity index (χ0) is 21.7. The van der Waals surface area contributed by atoms with Crippen LogP contribution in [0, 0.1) is 0 Å². The maximum atomic E-state index is 12.8. The highest BCUT2D eigenvalue weighted by Gasteiger charge is 2.31. The molecular weight excluding hydrogens is 406 g/mol. The van der Waals surface area contributed by atoms with Crippen molar-refractivity contribution in [1.29, 1.82) is 0 Å². The second kappa shape index (κ2) is 9.88. The molecule has 3 rings (SSSR count). The first-order chi connectivity index (χ1) is 14.4. The number of nitrogens with zero attached hydrogens (tertiary/aromatic N) is 1. The molecule has 0 aliphatic carbocycles. The van der Waals surface area contributed by atoms with Crippen LogP contribution in [0.5, 0.6) is 0 Å². The molecule has 2 aromatic rings. The van der Waals surface area contributed by atoms with E-state index in [0.29, 0.717) is 15.8 Å². The highest BCUT2D eigenvalue weighted by Crippen LogP contribution is 2.33. The van der Waals surface area contributed by atoms with Gasteiger partial charge in [-0.2, -0.15) is 0 Å². The number of benzene rings is 2. The molecule has 0 saturated carbocycles. The Bertz CT molecular complexity index is 1080. The van der Waals surface area contributed by atoms with Gasteiger partial charge in [-0.15, -0.1) is 0 Å². The van der Waals surface area contributed by atoms with Gasteiger partial charge in [-0.05, 0) is 54.7 Å². The standard InChI is InChI=1S/C26H25NOS2/c1-18(2)22-12-8-9-13-23(22)20(4)15-14-19(3)16-24-25(28)27(26(29)30-24)17-21-10-6-5-7-11-21/h5-16H,1,17H2,2-4H3/b19-14+,20-15+,24-16+. The molecular formula is C26H25NOS2. The van der Waals surface area contributed by atoms with Crippen LogP contribution in [0.4, 0.5) is 0 Å². The molecule has 152 valence electrons. The number of rotatable bonds is 6. The summed E-state index contributed by atoms with van der Waals surface area (Å²) in [5, 5.41) is 0. The molecule has 4 heteroatoms. The first kappa shape index (κ1) is 22.0. The minimum absolute atomic E-state index is 0.0325.